The van der Waals surface area contributed by atoms with Gasteiger partial charge in [0, 0.05) is 13.6 Å². The smallest absolute Gasteiger partial charge is 0.341 e. The van der Waals surface area contributed by atoms with Crippen molar-refractivity contribution >= 4 is 11.9 Å². The molecule has 0 aliphatic heterocycles. The molecule has 0 bridgehead atoms. The predicted octanol–water partition coefficient (Wildman–Crippen LogP) is 0.407. The van der Waals surface area contributed by atoms with E-state index >= 15 is 0 Å². The second-order valence-corrected chi connectivity index (χ2v) is 4.68. The minimum atomic E-state index is -0.588. The molecule has 0 saturated carbocycles. The van der Waals surface area contributed by atoms with E-state index in [-0.39, 0.29) is 30.5 Å². The summed E-state index contributed by atoms with van der Waals surface area (Å²) in [6.07, 6.45) is 0. The lowest BCUT2D eigenvalue weighted by Crippen LogP contribution is -2.35. The van der Waals surface area contributed by atoms with Crippen LogP contribution in [0.2, 0.25) is 0 Å². The topological polar surface area (TPSA) is 118 Å². The fourth-order valence-corrected chi connectivity index (χ4v) is 1.56. The highest BCUT2D eigenvalue weighted by molar-refractivity contribution is 5.92. The molecule has 23 heavy (non-hydrogen) atoms. The highest BCUT2D eigenvalue weighted by atomic mass is 16.6. The minimum absolute atomic E-state index is 0.00359. The summed E-state index contributed by atoms with van der Waals surface area (Å²) >= 11 is 0. The van der Waals surface area contributed by atoms with Gasteiger partial charge >= 0.3 is 5.97 Å². The zero-order valence-corrected chi connectivity index (χ0v) is 13.2. The number of phenolic OH excluding ortho intramolecular Hbond substituents is 1. The average Bonchev–Trinajstić information content (AvgIpc) is 2.53. The number of guanidine groups is 1. The van der Waals surface area contributed by atoms with Crippen molar-refractivity contribution < 1.29 is 24.1 Å². The molecular formula is C15H23N3O5. The molecular weight excluding hydrogens is 302 g/mol. The van der Waals surface area contributed by atoms with E-state index in [9.17, 15) is 9.90 Å². The number of phenols is 1. The SMILES string of the molecule is CN(CCOCCOCCOC(=O)c1ccccc1O)C(=N)N. The van der Waals surface area contributed by atoms with Crippen LogP contribution >= 0.6 is 0 Å². The molecule has 8 nitrogen and oxygen atoms in total. The number of nitrogens with one attached hydrogen (secondary N) is 1. The number of ether oxygens (including phenoxy) is 3. The van der Waals surface area contributed by atoms with Crippen LogP contribution in [0.25, 0.3) is 0 Å². The number of benzene rings is 1. The monoisotopic (exact) mass is 325 g/mol. The Balaban J connectivity index is 2.01. The Kier molecular flexibility index (Phi) is 8.48. The summed E-state index contributed by atoms with van der Waals surface area (Å²) in [5, 5.41) is 16.7. The number of carbonyl (C=O) groups is 1. The van der Waals surface area contributed by atoms with Gasteiger partial charge in [-0.3, -0.25) is 5.41 Å². The molecule has 1 aromatic rings. The third-order valence-corrected chi connectivity index (χ3v) is 2.94. The highest BCUT2D eigenvalue weighted by Crippen LogP contribution is 2.16. The molecule has 0 spiro atoms. The molecule has 0 atom stereocenters. The summed E-state index contributed by atoms with van der Waals surface area (Å²) in [6, 6.07) is 6.19. The molecule has 128 valence electrons. The first kappa shape index (κ1) is 18.7. The zero-order valence-electron chi connectivity index (χ0n) is 13.2. The van der Waals surface area contributed by atoms with Gasteiger partial charge in [-0.1, -0.05) is 12.1 Å². The number of nitrogens with zero attached hydrogens (tertiary/aromatic N) is 1. The van der Waals surface area contributed by atoms with E-state index in [1.54, 1.807) is 24.1 Å². The van der Waals surface area contributed by atoms with E-state index in [0.717, 1.165) is 0 Å². The second-order valence-electron chi connectivity index (χ2n) is 4.68. The number of likely N-dealkylation sites (N-methyl/N-ethyl adjacent to an activating group) is 1. The van der Waals surface area contributed by atoms with Gasteiger partial charge in [0.05, 0.1) is 26.4 Å². The Morgan fingerprint density at radius 2 is 1.78 bits per heavy atom. The van der Waals surface area contributed by atoms with E-state index in [0.29, 0.717) is 26.4 Å². The molecule has 8 heteroatoms. The van der Waals surface area contributed by atoms with Gasteiger partial charge < -0.3 is 30.0 Å². The van der Waals surface area contributed by atoms with Crippen molar-refractivity contribution in [3.63, 3.8) is 0 Å². The van der Waals surface area contributed by atoms with Crippen LogP contribution in [-0.4, -0.2) is 68.6 Å². The van der Waals surface area contributed by atoms with Crippen molar-refractivity contribution in [3.8, 4) is 5.75 Å². The zero-order chi connectivity index (χ0) is 17.1. The van der Waals surface area contributed by atoms with Crippen LogP contribution in [-0.2, 0) is 14.2 Å². The third kappa shape index (κ3) is 7.48. The van der Waals surface area contributed by atoms with Crippen LogP contribution in [0.1, 0.15) is 10.4 Å². The number of nitrogens with two attached hydrogens (primary N) is 1. The molecule has 0 radical (unpaired) electrons. The van der Waals surface area contributed by atoms with Crippen LogP contribution in [0, 0.1) is 5.41 Å². The maximum Gasteiger partial charge on any atom is 0.341 e. The Labute approximate surface area is 135 Å². The largest absolute Gasteiger partial charge is 0.507 e. The van der Waals surface area contributed by atoms with Gasteiger partial charge in [-0.2, -0.15) is 0 Å². The van der Waals surface area contributed by atoms with Gasteiger partial charge in [0.15, 0.2) is 5.96 Å². The normalized spacial score (nSPS) is 10.3. The number of para-hydroxylation sites is 1. The maximum atomic E-state index is 11.7. The van der Waals surface area contributed by atoms with E-state index in [2.05, 4.69) is 0 Å². The van der Waals surface area contributed by atoms with Crippen LogP contribution in [0.3, 0.4) is 0 Å². The Morgan fingerprint density at radius 1 is 1.17 bits per heavy atom. The van der Waals surface area contributed by atoms with Gasteiger partial charge in [-0.05, 0) is 12.1 Å². The molecule has 0 aromatic heterocycles. The van der Waals surface area contributed by atoms with Gasteiger partial charge in [0.25, 0.3) is 0 Å². The summed E-state index contributed by atoms with van der Waals surface area (Å²) in [5.74, 6) is -0.700. The van der Waals surface area contributed by atoms with Crippen molar-refractivity contribution in [1.82, 2.24) is 4.90 Å². The number of aromatic hydroxyl groups is 1. The molecule has 1 aromatic carbocycles. The maximum absolute atomic E-state index is 11.7. The number of rotatable bonds is 10. The second kappa shape index (κ2) is 10.4. The molecule has 1 rings (SSSR count). The van der Waals surface area contributed by atoms with Crippen LogP contribution in [0.5, 0.6) is 5.75 Å². The summed E-state index contributed by atoms with van der Waals surface area (Å²) in [6.45, 7) is 2.10. The lowest BCUT2D eigenvalue weighted by molar-refractivity contribution is 0.0136. The Morgan fingerprint density at radius 3 is 2.43 bits per heavy atom. The first-order valence-corrected chi connectivity index (χ1v) is 7.18. The fourth-order valence-electron chi connectivity index (χ4n) is 1.56. The van der Waals surface area contributed by atoms with Gasteiger partial charge in [-0.25, -0.2) is 4.79 Å². The molecule has 0 unspecified atom stereocenters. The number of hydrogen-bond donors (Lipinski definition) is 3. The van der Waals surface area contributed by atoms with Crippen LogP contribution < -0.4 is 5.73 Å². The lowest BCUT2D eigenvalue weighted by Gasteiger charge is -2.16. The number of esters is 1. The molecule has 0 saturated heterocycles. The van der Waals surface area contributed by atoms with Gasteiger partial charge in [0.1, 0.15) is 17.9 Å². The standard InChI is InChI=1S/C15H23N3O5/c1-18(15(16)17)6-7-21-8-9-22-10-11-23-14(20)12-4-2-3-5-13(12)19/h2-5,19H,6-11H2,1H3,(H3,16,17). The van der Waals surface area contributed by atoms with Crippen molar-refractivity contribution in [2.45, 2.75) is 0 Å². The number of carbonyl (C=O) groups excluding carboxylic acids is 1. The fraction of sp³-hybridized carbons (Fsp3) is 0.467. The molecule has 0 heterocycles. The summed E-state index contributed by atoms with van der Waals surface area (Å²) in [5.41, 5.74) is 5.41. The van der Waals surface area contributed by atoms with E-state index in [1.165, 1.54) is 12.1 Å². The van der Waals surface area contributed by atoms with Crippen LogP contribution in [0.4, 0.5) is 0 Å². The summed E-state index contributed by atoms with van der Waals surface area (Å²) < 4.78 is 15.6. The first-order valence-electron chi connectivity index (χ1n) is 7.18. The van der Waals surface area contributed by atoms with Crippen LogP contribution in [0.15, 0.2) is 24.3 Å². The van der Waals surface area contributed by atoms with E-state index in [1.807, 2.05) is 0 Å². The van der Waals surface area contributed by atoms with E-state index in [4.69, 9.17) is 25.4 Å². The van der Waals surface area contributed by atoms with Gasteiger partial charge in [0.2, 0.25) is 0 Å². The van der Waals surface area contributed by atoms with Gasteiger partial charge in [-0.15, -0.1) is 0 Å². The Hall–Kier alpha value is -2.32. The predicted molar refractivity (Wildman–Crippen MR) is 84.6 cm³/mol. The number of hydrogen-bond acceptors (Lipinski definition) is 6. The average molecular weight is 325 g/mol. The van der Waals surface area contributed by atoms with Crippen molar-refractivity contribution in [2.75, 3.05) is 46.6 Å². The molecule has 0 aliphatic rings. The molecule has 4 N–H and O–H groups in total. The molecule has 0 aliphatic carbocycles. The van der Waals surface area contributed by atoms with Crippen molar-refractivity contribution in [1.29, 1.82) is 5.41 Å². The first-order chi connectivity index (χ1) is 11.0. The van der Waals surface area contributed by atoms with Crippen molar-refractivity contribution in [2.24, 2.45) is 5.73 Å². The molecule has 0 fully saturated rings. The highest BCUT2D eigenvalue weighted by Gasteiger charge is 2.11. The lowest BCUT2D eigenvalue weighted by atomic mass is 10.2. The summed E-state index contributed by atoms with van der Waals surface area (Å²) in [7, 11) is 1.71. The summed E-state index contributed by atoms with van der Waals surface area (Å²) in [4.78, 5) is 13.2. The quantitative estimate of drug-likeness (QED) is 0.247. The Bertz CT molecular complexity index is 510. The third-order valence-electron chi connectivity index (χ3n) is 2.94. The van der Waals surface area contributed by atoms with E-state index < -0.39 is 5.97 Å². The minimum Gasteiger partial charge on any atom is -0.507 e. The molecule has 0 amide bonds. The van der Waals surface area contributed by atoms with Crippen molar-refractivity contribution in [3.05, 3.63) is 29.8 Å².